The van der Waals surface area contributed by atoms with E-state index in [1.807, 2.05) is 18.2 Å². The standard InChI is InChI=1S/C20H24ClN5O2/c21-18-5-6-19(24-23-18)26-9-7-15(8-10-26)20(27)22-16-1-3-17(4-2-16)25-11-13-28-14-12-25/h1-6,15H,7-14H2,(H,22,27). The lowest BCUT2D eigenvalue weighted by atomic mass is 9.96. The van der Waals surface area contributed by atoms with Crippen LogP contribution in [0.3, 0.4) is 0 Å². The monoisotopic (exact) mass is 401 g/mol. The Morgan fingerprint density at radius 2 is 1.68 bits per heavy atom. The van der Waals surface area contributed by atoms with Gasteiger partial charge < -0.3 is 19.9 Å². The van der Waals surface area contributed by atoms with E-state index in [9.17, 15) is 4.79 Å². The zero-order chi connectivity index (χ0) is 19.3. The van der Waals surface area contributed by atoms with Gasteiger partial charge in [-0.2, -0.15) is 0 Å². The van der Waals surface area contributed by atoms with Crippen LogP contribution in [-0.4, -0.2) is 55.5 Å². The molecule has 0 radical (unpaired) electrons. The summed E-state index contributed by atoms with van der Waals surface area (Å²) in [5.41, 5.74) is 2.01. The normalized spacial score (nSPS) is 18.2. The van der Waals surface area contributed by atoms with Gasteiger partial charge in [0.15, 0.2) is 11.0 Å². The van der Waals surface area contributed by atoms with E-state index >= 15 is 0 Å². The third kappa shape index (κ3) is 4.54. The molecular formula is C20H24ClN5O2. The molecule has 3 heterocycles. The fraction of sp³-hybridized carbons (Fsp3) is 0.450. The number of anilines is 3. The third-order valence-electron chi connectivity index (χ3n) is 5.32. The first-order chi connectivity index (χ1) is 13.7. The van der Waals surface area contributed by atoms with Crippen LogP contribution in [0.1, 0.15) is 12.8 Å². The maximum absolute atomic E-state index is 12.6. The van der Waals surface area contributed by atoms with Crippen molar-refractivity contribution in [3.8, 4) is 0 Å². The van der Waals surface area contributed by atoms with Crippen LogP contribution in [0.25, 0.3) is 0 Å². The average Bonchev–Trinajstić information content (AvgIpc) is 2.75. The molecule has 2 aliphatic heterocycles. The molecule has 2 saturated heterocycles. The van der Waals surface area contributed by atoms with E-state index in [0.717, 1.165) is 63.7 Å². The predicted molar refractivity (Wildman–Crippen MR) is 110 cm³/mol. The molecule has 1 aromatic heterocycles. The number of hydrogen-bond acceptors (Lipinski definition) is 6. The third-order valence-corrected chi connectivity index (χ3v) is 5.52. The second-order valence-corrected chi connectivity index (χ2v) is 7.50. The van der Waals surface area contributed by atoms with Gasteiger partial charge in [0.25, 0.3) is 0 Å². The lowest BCUT2D eigenvalue weighted by molar-refractivity contribution is -0.120. The molecule has 2 fully saturated rings. The Bertz CT molecular complexity index is 785. The van der Waals surface area contributed by atoms with Crippen molar-refractivity contribution in [2.75, 3.05) is 54.5 Å². The summed E-state index contributed by atoms with van der Waals surface area (Å²) in [6.45, 7) is 4.90. The lowest BCUT2D eigenvalue weighted by Gasteiger charge is -2.32. The van der Waals surface area contributed by atoms with Crippen molar-refractivity contribution in [2.24, 2.45) is 5.92 Å². The summed E-state index contributed by atoms with van der Waals surface area (Å²) in [5, 5.41) is 11.5. The number of carbonyl (C=O) groups excluding carboxylic acids is 1. The molecule has 0 bridgehead atoms. The van der Waals surface area contributed by atoms with Crippen molar-refractivity contribution < 1.29 is 9.53 Å². The number of carbonyl (C=O) groups is 1. The summed E-state index contributed by atoms with van der Waals surface area (Å²) in [5.74, 6) is 0.901. The Kier molecular flexibility index (Phi) is 5.92. The zero-order valence-corrected chi connectivity index (χ0v) is 16.4. The fourth-order valence-corrected chi connectivity index (χ4v) is 3.77. The van der Waals surface area contributed by atoms with Crippen LogP contribution in [0.2, 0.25) is 5.15 Å². The second kappa shape index (κ2) is 8.75. The highest BCUT2D eigenvalue weighted by Gasteiger charge is 2.26. The van der Waals surface area contributed by atoms with Crippen molar-refractivity contribution in [3.63, 3.8) is 0 Å². The molecule has 0 spiro atoms. The van der Waals surface area contributed by atoms with Gasteiger partial charge in [-0.15, -0.1) is 10.2 Å². The van der Waals surface area contributed by atoms with Gasteiger partial charge in [0.2, 0.25) is 5.91 Å². The minimum Gasteiger partial charge on any atom is -0.378 e. The number of piperidine rings is 1. The van der Waals surface area contributed by atoms with Crippen LogP contribution < -0.4 is 15.1 Å². The molecule has 148 valence electrons. The maximum atomic E-state index is 12.6. The minimum absolute atomic E-state index is 0.00966. The van der Waals surface area contributed by atoms with Gasteiger partial charge in [-0.3, -0.25) is 4.79 Å². The average molecular weight is 402 g/mol. The van der Waals surface area contributed by atoms with Gasteiger partial charge in [-0.1, -0.05) is 11.6 Å². The number of nitrogens with one attached hydrogen (secondary N) is 1. The van der Waals surface area contributed by atoms with Gasteiger partial charge in [-0.05, 0) is 49.2 Å². The van der Waals surface area contributed by atoms with Crippen LogP contribution in [0, 0.1) is 5.92 Å². The first kappa shape index (κ1) is 19.0. The van der Waals surface area contributed by atoms with Crippen molar-refractivity contribution >= 4 is 34.7 Å². The van der Waals surface area contributed by atoms with E-state index < -0.39 is 0 Å². The number of aromatic nitrogens is 2. The topological polar surface area (TPSA) is 70.6 Å². The van der Waals surface area contributed by atoms with Gasteiger partial charge in [0.1, 0.15) is 0 Å². The number of nitrogens with zero attached hydrogens (tertiary/aromatic N) is 4. The number of hydrogen-bond donors (Lipinski definition) is 1. The first-order valence-corrected chi connectivity index (χ1v) is 10.0. The molecule has 1 N–H and O–H groups in total. The predicted octanol–water partition coefficient (Wildman–Crippen LogP) is 2.82. The van der Waals surface area contributed by atoms with Gasteiger partial charge >= 0.3 is 0 Å². The van der Waals surface area contributed by atoms with Crippen molar-refractivity contribution in [2.45, 2.75) is 12.8 Å². The summed E-state index contributed by atoms with van der Waals surface area (Å²) in [4.78, 5) is 17.1. The van der Waals surface area contributed by atoms with Gasteiger partial charge in [0, 0.05) is 43.5 Å². The Morgan fingerprint density at radius 1 is 0.964 bits per heavy atom. The van der Waals surface area contributed by atoms with E-state index in [-0.39, 0.29) is 11.8 Å². The van der Waals surface area contributed by atoms with Crippen LogP contribution in [0.15, 0.2) is 36.4 Å². The molecule has 7 nitrogen and oxygen atoms in total. The Hall–Kier alpha value is -2.38. The quantitative estimate of drug-likeness (QED) is 0.849. The number of halogens is 1. The molecule has 28 heavy (non-hydrogen) atoms. The highest BCUT2D eigenvalue weighted by Crippen LogP contribution is 2.24. The number of amides is 1. The number of rotatable bonds is 4. The van der Waals surface area contributed by atoms with Gasteiger partial charge in [-0.25, -0.2) is 0 Å². The number of ether oxygens (including phenoxy) is 1. The fourth-order valence-electron chi connectivity index (χ4n) is 3.67. The smallest absolute Gasteiger partial charge is 0.227 e. The Balaban J connectivity index is 1.29. The minimum atomic E-state index is 0.00966. The van der Waals surface area contributed by atoms with Crippen molar-refractivity contribution in [1.29, 1.82) is 0 Å². The van der Waals surface area contributed by atoms with Crippen LogP contribution in [0.5, 0.6) is 0 Å². The highest BCUT2D eigenvalue weighted by atomic mass is 35.5. The molecule has 2 aromatic rings. The molecule has 2 aliphatic rings. The first-order valence-electron chi connectivity index (χ1n) is 9.67. The Labute approximate surface area is 169 Å². The highest BCUT2D eigenvalue weighted by molar-refractivity contribution is 6.29. The van der Waals surface area contributed by atoms with Gasteiger partial charge in [0.05, 0.1) is 13.2 Å². The van der Waals surface area contributed by atoms with E-state index in [4.69, 9.17) is 16.3 Å². The summed E-state index contributed by atoms with van der Waals surface area (Å²) in [7, 11) is 0. The molecule has 0 aliphatic carbocycles. The van der Waals surface area contributed by atoms with Crippen molar-refractivity contribution in [3.05, 3.63) is 41.6 Å². The summed E-state index contributed by atoms with van der Waals surface area (Å²) >= 11 is 5.79. The molecule has 4 rings (SSSR count). The van der Waals surface area contributed by atoms with E-state index in [1.54, 1.807) is 6.07 Å². The summed E-state index contributed by atoms with van der Waals surface area (Å²) < 4.78 is 5.39. The molecule has 0 saturated carbocycles. The molecule has 1 aromatic carbocycles. The van der Waals surface area contributed by atoms with Crippen LogP contribution >= 0.6 is 11.6 Å². The lowest BCUT2D eigenvalue weighted by Crippen LogP contribution is -2.38. The maximum Gasteiger partial charge on any atom is 0.227 e. The Morgan fingerprint density at radius 3 is 2.32 bits per heavy atom. The van der Waals surface area contributed by atoms with Crippen LogP contribution in [-0.2, 0) is 9.53 Å². The molecule has 8 heteroatoms. The number of morpholine rings is 1. The summed E-state index contributed by atoms with van der Waals surface area (Å²) in [6.07, 6.45) is 1.59. The molecule has 0 unspecified atom stereocenters. The largest absolute Gasteiger partial charge is 0.378 e. The SMILES string of the molecule is O=C(Nc1ccc(N2CCOCC2)cc1)C1CCN(c2ccc(Cl)nn2)CC1. The van der Waals surface area contributed by atoms with Crippen LogP contribution in [0.4, 0.5) is 17.2 Å². The number of benzene rings is 1. The molecule has 0 atom stereocenters. The molecule has 1 amide bonds. The summed E-state index contributed by atoms with van der Waals surface area (Å²) in [6, 6.07) is 11.7. The van der Waals surface area contributed by atoms with E-state index in [0.29, 0.717) is 5.15 Å². The zero-order valence-electron chi connectivity index (χ0n) is 15.7. The van der Waals surface area contributed by atoms with E-state index in [2.05, 4.69) is 37.4 Å². The second-order valence-electron chi connectivity index (χ2n) is 7.11. The van der Waals surface area contributed by atoms with Crippen molar-refractivity contribution in [1.82, 2.24) is 10.2 Å². The molecular weight excluding hydrogens is 378 g/mol. The van der Waals surface area contributed by atoms with E-state index in [1.165, 1.54) is 5.69 Å².